The zero-order chi connectivity index (χ0) is 8.55. The number of carbonyl (C=O) groups excluding carboxylic acids is 1. The van der Waals surface area contributed by atoms with E-state index in [2.05, 4.69) is 0 Å². The van der Waals surface area contributed by atoms with Gasteiger partial charge in [0, 0.05) is 11.1 Å². The molecule has 0 saturated heterocycles. The molecule has 0 aliphatic carbocycles. The highest BCUT2D eigenvalue weighted by atomic mass is 35.5. The van der Waals surface area contributed by atoms with E-state index in [0.29, 0.717) is 12.2 Å². The van der Waals surface area contributed by atoms with E-state index in [1.165, 1.54) is 0 Å². The molecule has 1 aromatic carbocycles. The molecular weight excluding hydrogens is 176 g/mol. The fourth-order valence-corrected chi connectivity index (χ4v) is 1.55. The SMILES string of the molecule is O=Cc1ccc2c(c1)C(Cl)OC2. The van der Waals surface area contributed by atoms with E-state index in [9.17, 15) is 4.79 Å². The van der Waals surface area contributed by atoms with Crippen LogP contribution in [0.15, 0.2) is 18.2 Å². The Kier molecular flexibility index (Phi) is 1.87. The van der Waals surface area contributed by atoms with Gasteiger partial charge in [0.05, 0.1) is 6.61 Å². The average Bonchev–Trinajstić information content (AvgIpc) is 2.47. The van der Waals surface area contributed by atoms with Crippen LogP contribution >= 0.6 is 11.6 Å². The summed E-state index contributed by atoms with van der Waals surface area (Å²) >= 11 is 5.83. The van der Waals surface area contributed by atoms with Crippen molar-refractivity contribution in [2.24, 2.45) is 0 Å². The maximum Gasteiger partial charge on any atom is 0.157 e. The van der Waals surface area contributed by atoms with E-state index in [1.54, 1.807) is 12.1 Å². The number of aldehydes is 1. The van der Waals surface area contributed by atoms with Gasteiger partial charge >= 0.3 is 0 Å². The lowest BCUT2D eigenvalue weighted by atomic mass is 10.1. The molecule has 0 spiro atoms. The fourth-order valence-electron chi connectivity index (χ4n) is 1.28. The number of fused-ring (bicyclic) bond motifs is 1. The third-order valence-corrected chi connectivity index (χ3v) is 2.30. The van der Waals surface area contributed by atoms with Gasteiger partial charge in [0.2, 0.25) is 0 Å². The molecule has 1 aliphatic heterocycles. The van der Waals surface area contributed by atoms with Gasteiger partial charge in [-0.25, -0.2) is 0 Å². The predicted octanol–water partition coefficient (Wildman–Crippen LogP) is 2.27. The van der Waals surface area contributed by atoms with Crippen LogP contribution in [-0.2, 0) is 11.3 Å². The van der Waals surface area contributed by atoms with Crippen molar-refractivity contribution in [1.29, 1.82) is 0 Å². The van der Waals surface area contributed by atoms with Crippen LogP contribution in [0, 0.1) is 0 Å². The minimum atomic E-state index is -0.389. The molecule has 0 fully saturated rings. The van der Waals surface area contributed by atoms with Crippen LogP contribution in [0.25, 0.3) is 0 Å². The van der Waals surface area contributed by atoms with E-state index >= 15 is 0 Å². The second-order valence-corrected chi connectivity index (χ2v) is 3.10. The van der Waals surface area contributed by atoms with Gasteiger partial charge in [-0.05, 0) is 11.6 Å². The lowest BCUT2D eigenvalue weighted by molar-refractivity contribution is 0.112. The van der Waals surface area contributed by atoms with Gasteiger partial charge in [0.1, 0.15) is 6.29 Å². The Labute approximate surface area is 75.1 Å². The first-order valence-corrected chi connectivity index (χ1v) is 4.08. The molecule has 1 aromatic rings. The Bertz CT molecular complexity index is 322. The normalized spacial score (nSPS) is 20.6. The standard InChI is InChI=1S/C9H7ClO2/c10-9-8-3-6(4-11)1-2-7(8)5-12-9/h1-4,9H,5H2. The van der Waals surface area contributed by atoms with Crippen molar-refractivity contribution in [2.75, 3.05) is 0 Å². The largest absolute Gasteiger partial charge is 0.354 e. The molecule has 3 heteroatoms. The second-order valence-electron chi connectivity index (χ2n) is 2.70. The van der Waals surface area contributed by atoms with Crippen LogP contribution in [0.1, 0.15) is 27.0 Å². The van der Waals surface area contributed by atoms with Gasteiger partial charge < -0.3 is 4.74 Å². The number of alkyl halides is 1. The van der Waals surface area contributed by atoms with E-state index in [-0.39, 0.29) is 5.56 Å². The quantitative estimate of drug-likeness (QED) is 0.492. The first-order chi connectivity index (χ1) is 5.81. The molecule has 1 atom stereocenters. The highest BCUT2D eigenvalue weighted by Gasteiger charge is 2.20. The molecular formula is C9H7ClO2. The zero-order valence-electron chi connectivity index (χ0n) is 6.29. The third kappa shape index (κ3) is 1.13. The molecule has 62 valence electrons. The highest BCUT2D eigenvalue weighted by Crippen LogP contribution is 2.33. The lowest BCUT2D eigenvalue weighted by Crippen LogP contribution is -1.87. The Morgan fingerprint density at radius 2 is 2.42 bits per heavy atom. The number of ether oxygens (including phenoxy) is 1. The van der Waals surface area contributed by atoms with Crippen LogP contribution in [0.5, 0.6) is 0 Å². The Morgan fingerprint density at radius 3 is 3.17 bits per heavy atom. The number of carbonyl (C=O) groups is 1. The van der Waals surface area contributed by atoms with Crippen LogP contribution in [0.4, 0.5) is 0 Å². The minimum absolute atomic E-state index is 0.389. The number of halogens is 1. The molecule has 0 amide bonds. The molecule has 0 aromatic heterocycles. The number of hydrogen-bond donors (Lipinski definition) is 0. The van der Waals surface area contributed by atoms with Gasteiger partial charge in [0.25, 0.3) is 0 Å². The first kappa shape index (κ1) is 7.77. The lowest BCUT2D eigenvalue weighted by Gasteiger charge is -2.00. The molecule has 1 heterocycles. The smallest absolute Gasteiger partial charge is 0.157 e. The van der Waals surface area contributed by atoms with E-state index in [4.69, 9.17) is 16.3 Å². The third-order valence-electron chi connectivity index (χ3n) is 1.94. The van der Waals surface area contributed by atoms with Crippen LogP contribution in [-0.4, -0.2) is 6.29 Å². The van der Waals surface area contributed by atoms with Gasteiger partial charge in [-0.15, -0.1) is 0 Å². The average molecular weight is 183 g/mol. The molecule has 1 unspecified atom stereocenters. The molecule has 1 aliphatic rings. The van der Waals surface area contributed by atoms with Crippen molar-refractivity contribution < 1.29 is 9.53 Å². The summed E-state index contributed by atoms with van der Waals surface area (Å²) in [6, 6.07) is 5.42. The summed E-state index contributed by atoms with van der Waals surface area (Å²) < 4.78 is 5.17. The van der Waals surface area contributed by atoms with Crippen molar-refractivity contribution in [3.8, 4) is 0 Å². The summed E-state index contributed by atoms with van der Waals surface area (Å²) in [5.41, 5.74) is 2.24. The summed E-state index contributed by atoms with van der Waals surface area (Å²) in [6.45, 7) is 0.544. The molecule has 0 radical (unpaired) electrons. The summed E-state index contributed by atoms with van der Waals surface area (Å²) in [5, 5.41) is 0. The zero-order valence-corrected chi connectivity index (χ0v) is 7.04. The molecule has 0 saturated carbocycles. The van der Waals surface area contributed by atoms with Gasteiger partial charge in [0.15, 0.2) is 5.56 Å². The van der Waals surface area contributed by atoms with Crippen molar-refractivity contribution in [3.05, 3.63) is 34.9 Å². The summed E-state index contributed by atoms with van der Waals surface area (Å²) in [6.07, 6.45) is 0.808. The van der Waals surface area contributed by atoms with E-state index in [1.807, 2.05) is 6.07 Å². The Morgan fingerprint density at radius 1 is 1.58 bits per heavy atom. The maximum absolute atomic E-state index is 10.4. The maximum atomic E-state index is 10.4. The number of benzene rings is 1. The van der Waals surface area contributed by atoms with Gasteiger partial charge in [-0.3, -0.25) is 4.79 Å². The van der Waals surface area contributed by atoms with Crippen molar-refractivity contribution in [1.82, 2.24) is 0 Å². The Hall–Kier alpha value is -0.860. The topological polar surface area (TPSA) is 26.3 Å². The minimum Gasteiger partial charge on any atom is -0.354 e. The molecule has 0 N–H and O–H groups in total. The summed E-state index contributed by atoms with van der Waals surface area (Å²) in [5.74, 6) is 0. The van der Waals surface area contributed by atoms with Crippen LogP contribution < -0.4 is 0 Å². The van der Waals surface area contributed by atoms with Crippen molar-refractivity contribution in [2.45, 2.75) is 12.2 Å². The van der Waals surface area contributed by atoms with Crippen molar-refractivity contribution >= 4 is 17.9 Å². The monoisotopic (exact) mass is 182 g/mol. The molecule has 2 nitrogen and oxygen atoms in total. The fraction of sp³-hybridized carbons (Fsp3) is 0.222. The molecule has 12 heavy (non-hydrogen) atoms. The first-order valence-electron chi connectivity index (χ1n) is 3.65. The van der Waals surface area contributed by atoms with Crippen LogP contribution in [0.3, 0.4) is 0 Å². The predicted molar refractivity (Wildman–Crippen MR) is 45.2 cm³/mol. The summed E-state index contributed by atoms with van der Waals surface area (Å²) in [4.78, 5) is 10.4. The molecule has 0 bridgehead atoms. The van der Waals surface area contributed by atoms with Gasteiger partial charge in [-0.2, -0.15) is 0 Å². The van der Waals surface area contributed by atoms with E-state index < -0.39 is 0 Å². The van der Waals surface area contributed by atoms with Crippen LogP contribution in [0.2, 0.25) is 0 Å². The number of rotatable bonds is 1. The number of hydrogen-bond acceptors (Lipinski definition) is 2. The van der Waals surface area contributed by atoms with Crippen molar-refractivity contribution in [3.63, 3.8) is 0 Å². The van der Waals surface area contributed by atoms with Gasteiger partial charge in [-0.1, -0.05) is 23.7 Å². The van der Waals surface area contributed by atoms with E-state index in [0.717, 1.165) is 17.4 Å². The molecule has 2 rings (SSSR count). The Balaban J connectivity index is 2.50. The summed E-state index contributed by atoms with van der Waals surface area (Å²) in [7, 11) is 0. The second kappa shape index (κ2) is 2.88. The highest BCUT2D eigenvalue weighted by molar-refractivity contribution is 6.20.